The van der Waals surface area contributed by atoms with Gasteiger partial charge in [0.05, 0.1) is 17.7 Å². The minimum absolute atomic E-state index is 0.126. The molecular formula is C10H12BrN3O2. The molecule has 0 radical (unpaired) electrons. The number of amides is 1. The maximum atomic E-state index is 11.8. The van der Waals surface area contributed by atoms with E-state index in [0.717, 1.165) is 4.47 Å². The van der Waals surface area contributed by atoms with Crippen LogP contribution in [0.2, 0.25) is 0 Å². The van der Waals surface area contributed by atoms with Crippen LogP contribution >= 0.6 is 15.9 Å². The van der Waals surface area contributed by atoms with Crippen LogP contribution in [-0.2, 0) is 9.53 Å². The van der Waals surface area contributed by atoms with E-state index in [2.05, 4.69) is 31.5 Å². The number of anilines is 1. The highest BCUT2D eigenvalue weighted by Crippen LogP contribution is 2.18. The van der Waals surface area contributed by atoms with Gasteiger partial charge in [0.2, 0.25) is 5.91 Å². The van der Waals surface area contributed by atoms with Crippen LogP contribution in [0.4, 0.5) is 5.82 Å². The van der Waals surface area contributed by atoms with E-state index in [1.165, 1.54) is 0 Å². The van der Waals surface area contributed by atoms with Crippen molar-refractivity contribution in [1.82, 2.24) is 10.3 Å². The number of morpholine rings is 1. The van der Waals surface area contributed by atoms with E-state index < -0.39 is 0 Å². The molecule has 5 nitrogen and oxygen atoms in total. The number of ether oxygens (including phenoxy) is 1. The number of pyridine rings is 1. The van der Waals surface area contributed by atoms with Crippen molar-refractivity contribution >= 4 is 27.7 Å². The van der Waals surface area contributed by atoms with Gasteiger partial charge in [-0.2, -0.15) is 0 Å². The normalized spacial score (nSPS) is 20.4. The Morgan fingerprint density at radius 1 is 1.69 bits per heavy atom. The molecule has 2 heterocycles. The van der Waals surface area contributed by atoms with Gasteiger partial charge in [0.25, 0.3) is 0 Å². The lowest BCUT2D eigenvalue weighted by molar-refractivity contribution is -0.120. The average Bonchev–Trinajstić information content (AvgIpc) is 2.33. The number of hydrogen-bond acceptors (Lipinski definition) is 4. The Labute approximate surface area is 102 Å². The molecule has 0 aromatic carbocycles. The summed E-state index contributed by atoms with van der Waals surface area (Å²) in [7, 11) is 0. The molecule has 6 heteroatoms. The molecule has 1 aliphatic heterocycles. The number of halogens is 1. The van der Waals surface area contributed by atoms with Gasteiger partial charge in [0, 0.05) is 12.7 Å². The molecule has 2 N–H and O–H groups in total. The predicted molar refractivity (Wildman–Crippen MR) is 63.2 cm³/mol. The molecule has 1 aromatic rings. The standard InChI is InChI=1S/C10H12BrN3O2/c11-7-2-1-3-13-9(7)14-10(15)8-6-16-5-4-12-8/h1-3,8,12H,4-6H2,(H,13,14,15). The lowest BCUT2D eigenvalue weighted by Crippen LogP contribution is -2.48. The van der Waals surface area contributed by atoms with Crippen molar-refractivity contribution in [3.8, 4) is 0 Å². The highest BCUT2D eigenvalue weighted by Gasteiger charge is 2.21. The third-order valence-corrected chi connectivity index (χ3v) is 2.88. The Hall–Kier alpha value is -0.980. The Kier molecular flexibility index (Phi) is 3.87. The van der Waals surface area contributed by atoms with Gasteiger partial charge in [0.1, 0.15) is 11.9 Å². The van der Waals surface area contributed by atoms with Gasteiger partial charge in [-0.15, -0.1) is 0 Å². The number of nitrogens with one attached hydrogen (secondary N) is 2. The lowest BCUT2D eigenvalue weighted by Gasteiger charge is -2.22. The first-order valence-corrected chi connectivity index (χ1v) is 5.79. The fourth-order valence-corrected chi connectivity index (χ4v) is 1.77. The molecule has 1 saturated heterocycles. The second-order valence-corrected chi connectivity index (χ2v) is 4.26. The highest BCUT2D eigenvalue weighted by atomic mass is 79.9. The third-order valence-electron chi connectivity index (χ3n) is 2.24. The highest BCUT2D eigenvalue weighted by molar-refractivity contribution is 9.10. The van der Waals surface area contributed by atoms with Crippen molar-refractivity contribution in [1.29, 1.82) is 0 Å². The number of carbonyl (C=O) groups excluding carboxylic acids is 1. The van der Waals surface area contributed by atoms with Crippen molar-refractivity contribution in [2.75, 3.05) is 25.1 Å². The van der Waals surface area contributed by atoms with Crippen molar-refractivity contribution in [3.63, 3.8) is 0 Å². The monoisotopic (exact) mass is 285 g/mol. The Morgan fingerprint density at radius 3 is 3.25 bits per heavy atom. The van der Waals surface area contributed by atoms with Crippen molar-refractivity contribution < 1.29 is 9.53 Å². The maximum absolute atomic E-state index is 11.8. The van der Waals surface area contributed by atoms with Crippen LogP contribution in [0.3, 0.4) is 0 Å². The number of carbonyl (C=O) groups is 1. The minimum Gasteiger partial charge on any atom is -0.378 e. The van der Waals surface area contributed by atoms with E-state index >= 15 is 0 Å². The first-order chi connectivity index (χ1) is 7.77. The predicted octanol–water partition coefficient (Wildman–Crippen LogP) is 0.771. The van der Waals surface area contributed by atoms with E-state index in [1.54, 1.807) is 12.3 Å². The molecular weight excluding hydrogens is 274 g/mol. The van der Waals surface area contributed by atoms with E-state index in [1.807, 2.05) is 6.07 Å². The lowest BCUT2D eigenvalue weighted by atomic mass is 10.2. The number of nitrogens with zero attached hydrogens (tertiary/aromatic N) is 1. The molecule has 16 heavy (non-hydrogen) atoms. The van der Waals surface area contributed by atoms with Gasteiger partial charge < -0.3 is 15.4 Å². The SMILES string of the molecule is O=C(Nc1ncccc1Br)C1COCCN1. The van der Waals surface area contributed by atoms with Gasteiger partial charge in [-0.3, -0.25) is 4.79 Å². The van der Waals surface area contributed by atoms with E-state index in [4.69, 9.17) is 4.74 Å². The zero-order valence-corrected chi connectivity index (χ0v) is 10.2. The summed E-state index contributed by atoms with van der Waals surface area (Å²) in [6.07, 6.45) is 1.63. The largest absolute Gasteiger partial charge is 0.378 e. The molecule has 0 bridgehead atoms. The van der Waals surface area contributed by atoms with Crippen LogP contribution in [0, 0.1) is 0 Å². The topological polar surface area (TPSA) is 63.2 Å². The van der Waals surface area contributed by atoms with Crippen LogP contribution < -0.4 is 10.6 Å². The third kappa shape index (κ3) is 2.78. The summed E-state index contributed by atoms with van der Waals surface area (Å²) in [5.41, 5.74) is 0. The molecule has 2 rings (SSSR count). The van der Waals surface area contributed by atoms with Crippen molar-refractivity contribution in [3.05, 3.63) is 22.8 Å². The van der Waals surface area contributed by atoms with Crippen molar-refractivity contribution in [2.24, 2.45) is 0 Å². The summed E-state index contributed by atoms with van der Waals surface area (Å²) < 4.78 is 5.98. The van der Waals surface area contributed by atoms with Crippen LogP contribution in [0.5, 0.6) is 0 Å². The molecule has 1 atom stereocenters. The average molecular weight is 286 g/mol. The number of rotatable bonds is 2. The molecule has 1 unspecified atom stereocenters. The summed E-state index contributed by atoms with van der Waals surface area (Å²) in [6.45, 7) is 1.74. The van der Waals surface area contributed by atoms with Gasteiger partial charge in [-0.25, -0.2) is 4.98 Å². The second-order valence-electron chi connectivity index (χ2n) is 3.40. The zero-order chi connectivity index (χ0) is 11.4. The summed E-state index contributed by atoms with van der Waals surface area (Å²) in [4.78, 5) is 15.9. The molecule has 1 amide bonds. The molecule has 0 saturated carbocycles. The van der Waals surface area contributed by atoms with E-state index in [0.29, 0.717) is 25.6 Å². The smallest absolute Gasteiger partial charge is 0.245 e. The Bertz CT molecular complexity index is 380. The van der Waals surface area contributed by atoms with Gasteiger partial charge in [-0.05, 0) is 28.1 Å². The Morgan fingerprint density at radius 2 is 2.56 bits per heavy atom. The summed E-state index contributed by atoms with van der Waals surface area (Å²) in [5, 5.41) is 5.82. The van der Waals surface area contributed by atoms with E-state index in [9.17, 15) is 4.79 Å². The van der Waals surface area contributed by atoms with Crippen molar-refractivity contribution in [2.45, 2.75) is 6.04 Å². The maximum Gasteiger partial charge on any atom is 0.245 e. The van der Waals surface area contributed by atoms with Gasteiger partial charge >= 0.3 is 0 Å². The van der Waals surface area contributed by atoms with Crippen LogP contribution in [0.25, 0.3) is 0 Å². The first-order valence-electron chi connectivity index (χ1n) is 5.00. The number of hydrogen-bond donors (Lipinski definition) is 2. The fraction of sp³-hybridized carbons (Fsp3) is 0.400. The van der Waals surface area contributed by atoms with Gasteiger partial charge in [-0.1, -0.05) is 0 Å². The molecule has 1 aromatic heterocycles. The molecule has 1 aliphatic rings. The fourth-order valence-electron chi connectivity index (χ4n) is 1.42. The summed E-state index contributed by atoms with van der Waals surface area (Å²) >= 11 is 3.32. The molecule has 0 aliphatic carbocycles. The summed E-state index contributed by atoms with van der Waals surface area (Å²) in [6, 6.07) is 3.32. The zero-order valence-electron chi connectivity index (χ0n) is 8.57. The number of aromatic nitrogens is 1. The van der Waals surface area contributed by atoms with Crippen LogP contribution in [0.15, 0.2) is 22.8 Å². The Balaban J connectivity index is 1.99. The van der Waals surface area contributed by atoms with E-state index in [-0.39, 0.29) is 11.9 Å². The minimum atomic E-state index is -0.303. The van der Waals surface area contributed by atoms with Crippen LogP contribution in [-0.4, -0.2) is 36.7 Å². The second kappa shape index (κ2) is 5.38. The molecule has 1 fully saturated rings. The quantitative estimate of drug-likeness (QED) is 0.843. The first kappa shape index (κ1) is 11.5. The van der Waals surface area contributed by atoms with Gasteiger partial charge in [0.15, 0.2) is 0 Å². The molecule has 86 valence electrons. The summed E-state index contributed by atoms with van der Waals surface area (Å²) in [5.74, 6) is 0.402. The molecule has 0 spiro atoms. The van der Waals surface area contributed by atoms with Crippen LogP contribution in [0.1, 0.15) is 0 Å².